The number of aromatic amines is 1. The lowest BCUT2D eigenvalue weighted by Gasteiger charge is -2.28. The Hall–Kier alpha value is -3.48. The molecule has 1 atom stereocenters. The molecular weight excluding hydrogens is 375 g/mol. The molecule has 2 N–H and O–H groups in total. The lowest BCUT2D eigenvalue weighted by Crippen LogP contribution is -2.47. The van der Waals surface area contributed by atoms with Crippen molar-refractivity contribution in [2.24, 2.45) is 5.92 Å². The van der Waals surface area contributed by atoms with E-state index in [1.54, 1.807) is 50.2 Å². The molecule has 6 nitrogen and oxygen atoms in total. The summed E-state index contributed by atoms with van der Waals surface area (Å²) >= 11 is 0. The van der Waals surface area contributed by atoms with Crippen LogP contribution < -0.4 is 10.9 Å². The monoisotopic (exact) mass is 394 g/mol. The first-order chi connectivity index (χ1) is 13.8. The van der Waals surface area contributed by atoms with E-state index in [2.05, 4.69) is 10.3 Å². The van der Waals surface area contributed by atoms with Crippen molar-refractivity contribution < 1.29 is 18.7 Å². The minimum atomic E-state index is -1.42. The van der Waals surface area contributed by atoms with Crippen molar-refractivity contribution in [2.75, 3.05) is 0 Å². The number of hydrogen-bond donors (Lipinski definition) is 2. The van der Waals surface area contributed by atoms with Gasteiger partial charge in [0.2, 0.25) is 0 Å². The maximum Gasteiger partial charge on any atom is 0.415 e. The zero-order chi connectivity index (χ0) is 20.8. The largest absolute Gasteiger partial charge is 0.432 e. The Labute approximate surface area is 165 Å². The summed E-state index contributed by atoms with van der Waals surface area (Å²) in [4.78, 5) is 39.3. The van der Waals surface area contributed by atoms with Gasteiger partial charge in [0.05, 0.1) is 0 Å². The summed E-state index contributed by atoms with van der Waals surface area (Å²) in [6.45, 7) is 3.51. The van der Waals surface area contributed by atoms with Crippen LogP contribution >= 0.6 is 0 Å². The second-order valence-corrected chi connectivity index (χ2v) is 7.47. The number of nitrogens with one attached hydrogen (secondary N) is 2. The zero-order valence-electron chi connectivity index (χ0n) is 15.9. The van der Waals surface area contributed by atoms with E-state index in [0.717, 1.165) is 5.39 Å². The van der Waals surface area contributed by atoms with Crippen LogP contribution in [0.3, 0.4) is 0 Å². The average molecular weight is 394 g/mol. The van der Waals surface area contributed by atoms with Gasteiger partial charge >= 0.3 is 6.09 Å². The Bertz CT molecular complexity index is 1200. The van der Waals surface area contributed by atoms with Crippen molar-refractivity contribution in [3.63, 3.8) is 0 Å². The van der Waals surface area contributed by atoms with E-state index >= 15 is 0 Å². The molecule has 0 radical (unpaired) electrons. The molecule has 0 saturated carbocycles. The van der Waals surface area contributed by atoms with E-state index in [-0.39, 0.29) is 18.2 Å². The van der Waals surface area contributed by atoms with Crippen LogP contribution in [0.4, 0.5) is 9.18 Å². The molecule has 2 heterocycles. The highest BCUT2D eigenvalue weighted by molar-refractivity contribution is 6.03. The number of aromatic nitrogens is 1. The number of pyridine rings is 1. The van der Waals surface area contributed by atoms with Gasteiger partial charge in [0.1, 0.15) is 5.82 Å². The van der Waals surface area contributed by atoms with Crippen molar-refractivity contribution in [1.82, 2.24) is 10.3 Å². The topological polar surface area (TPSA) is 88.3 Å². The third-order valence-corrected chi connectivity index (χ3v) is 5.39. The van der Waals surface area contributed by atoms with E-state index in [1.165, 1.54) is 6.07 Å². The summed E-state index contributed by atoms with van der Waals surface area (Å²) in [5.41, 5.74) is -0.311. The number of H-pyrrole nitrogens is 1. The maximum absolute atomic E-state index is 14.1. The summed E-state index contributed by atoms with van der Waals surface area (Å²) in [5.74, 6) is -1.21. The zero-order valence-corrected chi connectivity index (χ0v) is 15.9. The molecule has 7 heteroatoms. The highest BCUT2D eigenvalue weighted by Crippen LogP contribution is 2.31. The minimum Gasteiger partial charge on any atom is -0.432 e. The van der Waals surface area contributed by atoms with Crippen molar-refractivity contribution in [1.29, 1.82) is 0 Å². The second-order valence-electron chi connectivity index (χ2n) is 7.47. The smallest absolute Gasteiger partial charge is 0.415 e. The number of carbonyl (C=O) groups is 2. The van der Waals surface area contributed by atoms with E-state index in [1.807, 2.05) is 6.07 Å². The van der Waals surface area contributed by atoms with Crippen LogP contribution in [0, 0.1) is 11.7 Å². The van der Waals surface area contributed by atoms with Crippen molar-refractivity contribution in [3.8, 4) is 11.3 Å². The lowest BCUT2D eigenvalue weighted by atomic mass is 9.84. The van der Waals surface area contributed by atoms with Gasteiger partial charge in [-0.15, -0.1) is 0 Å². The molecule has 0 spiro atoms. The Morgan fingerprint density at radius 3 is 2.52 bits per heavy atom. The van der Waals surface area contributed by atoms with Crippen molar-refractivity contribution in [3.05, 3.63) is 70.3 Å². The molecule has 3 aromatic rings. The molecule has 0 aliphatic carbocycles. The lowest BCUT2D eigenvalue weighted by molar-refractivity contribution is -0.134. The number of alkyl carbamates (subject to hydrolysis) is 1. The summed E-state index contributed by atoms with van der Waals surface area (Å²) in [5, 5.41) is 3.37. The Morgan fingerprint density at radius 1 is 1.07 bits per heavy atom. The van der Waals surface area contributed by atoms with Crippen LogP contribution in [0.15, 0.2) is 53.3 Å². The van der Waals surface area contributed by atoms with E-state index in [9.17, 15) is 18.8 Å². The Kier molecular flexibility index (Phi) is 4.45. The molecule has 2 amide bonds. The standard InChI is InChI=1S/C22H19FN2O4/c1-12(2)22(20(27)25-21(28)29-22)11-15-8-9-18(24-19(15)26)14-7-6-13-4-3-5-17(23)16(13)10-14/h3-10,12H,11H2,1-2H3,(H,24,26)(H,25,27,28). The molecule has 1 unspecified atom stereocenters. The van der Waals surface area contributed by atoms with E-state index in [0.29, 0.717) is 22.2 Å². The van der Waals surface area contributed by atoms with E-state index < -0.39 is 23.2 Å². The predicted octanol–water partition coefficient (Wildman–Crippen LogP) is 3.54. The molecular formula is C22H19FN2O4. The molecule has 29 heavy (non-hydrogen) atoms. The summed E-state index contributed by atoms with van der Waals surface area (Å²) in [6.07, 6.45) is -0.848. The predicted molar refractivity (Wildman–Crippen MR) is 106 cm³/mol. The van der Waals surface area contributed by atoms with Gasteiger partial charge < -0.3 is 9.72 Å². The number of halogens is 1. The summed E-state index contributed by atoms with van der Waals surface area (Å²) in [6, 6.07) is 13.4. The third-order valence-electron chi connectivity index (χ3n) is 5.39. The molecule has 4 rings (SSSR count). The summed E-state index contributed by atoms with van der Waals surface area (Å²) in [7, 11) is 0. The Morgan fingerprint density at radius 2 is 1.86 bits per heavy atom. The van der Waals surface area contributed by atoms with Gasteiger partial charge in [0.25, 0.3) is 11.5 Å². The molecule has 148 valence electrons. The number of hydrogen-bond acceptors (Lipinski definition) is 4. The quantitative estimate of drug-likeness (QED) is 0.709. The number of benzene rings is 2. The van der Waals surface area contributed by atoms with Crippen LogP contribution in [0.1, 0.15) is 19.4 Å². The number of carbonyl (C=O) groups excluding carboxylic acids is 2. The number of fused-ring (bicyclic) bond motifs is 1. The molecule has 1 aliphatic rings. The third kappa shape index (κ3) is 3.18. The number of amides is 2. The van der Waals surface area contributed by atoms with Gasteiger partial charge in [-0.1, -0.05) is 44.2 Å². The fraction of sp³-hybridized carbons (Fsp3) is 0.227. The van der Waals surface area contributed by atoms with Crippen LogP contribution in [0.2, 0.25) is 0 Å². The van der Waals surface area contributed by atoms with Gasteiger partial charge in [-0.2, -0.15) is 0 Å². The summed E-state index contributed by atoms with van der Waals surface area (Å²) < 4.78 is 19.4. The van der Waals surface area contributed by atoms with Crippen molar-refractivity contribution >= 4 is 22.8 Å². The fourth-order valence-electron chi connectivity index (χ4n) is 3.63. The van der Waals surface area contributed by atoms with Gasteiger partial charge in [-0.05, 0) is 29.1 Å². The first-order valence-electron chi connectivity index (χ1n) is 9.25. The number of rotatable bonds is 4. The molecule has 2 aromatic carbocycles. The van der Waals surface area contributed by atoms with E-state index in [4.69, 9.17) is 4.74 Å². The molecule has 1 fully saturated rings. The SMILES string of the molecule is CC(C)C1(Cc2ccc(-c3ccc4cccc(F)c4c3)[nH]c2=O)OC(=O)NC1=O. The highest BCUT2D eigenvalue weighted by atomic mass is 19.1. The van der Waals surface area contributed by atoms with Crippen LogP contribution in [-0.2, 0) is 16.0 Å². The van der Waals surface area contributed by atoms with Crippen LogP contribution in [-0.4, -0.2) is 22.6 Å². The van der Waals surface area contributed by atoms with Crippen LogP contribution in [0.25, 0.3) is 22.0 Å². The second kappa shape index (κ2) is 6.84. The molecule has 1 saturated heterocycles. The highest BCUT2D eigenvalue weighted by Gasteiger charge is 2.51. The van der Waals surface area contributed by atoms with Gasteiger partial charge in [-0.3, -0.25) is 14.9 Å². The molecule has 1 aliphatic heterocycles. The number of cyclic esters (lactones) is 1. The molecule has 0 bridgehead atoms. The number of ether oxygens (including phenoxy) is 1. The fourth-order valence-corrected chi connectivity index (χ4v) is 3.63. The van der Waals surface area contributed by atoms with Gasteiger partial charge in [-0.25, -0.2) is 9.18 Å². The van der Waals surface area contributed by atoms with Crippen LogP contribution in [0.5, 0.6) is 0 Å². The normalized spacial score (nSPS) is 18.9. The van der Waals surface area contributed by atoms with Crippen molar-refractivity contribution in [2.45, 2.75) is 25.9 Å². The van der Waals surface area contributed by atoms with Gasteiger partial charge in [0, 0.05) is 29.0 Å². The Balaban J connectivity index is 1.70. The average Bonchev–Trinajstić information content (AvgIpc) is 2.98. The first kappa shape index (κ1) is 18.9. The number of imide groups is 1. The minimum absolute atomic E-state index is 0.0375. The maximum atomic E-state index is 14.1. The van der Waals surface area contributed by atoms with Gasteiger partial charge in [0.15, 0.2) is 5.60 Å². The molecule has 1 aromatic heterocycles. The first-order valence-corrected chi connectivity index (χ1v) is 9.25.